The number of nitrogens with two attached hydrogens (primary N) is 1. The molecule has 0 fully saturated rings. The summed E-state index contributed by atoms with van der Waals surface area (Å²) in [6, 6.07) is 9.65. The quantitative estimate of drug-likeness (QED) is 0.741. The van der Waals surface area contributed by atoms with Gasteiger partial charge in [-0.3, -0.25) is 9.59 Å². The first-order valence-electron chi connectivity index (χ1n) is 7.17. The number of anilines is 1. The molecule has 0 aliphatic rings. The molecule has 0 radical (unpaired) electrons. The number of amides is 2. The molecule has 24 heavy (non-hydrogen) atoms. The molecule has 2 heterocycles. The molecule has 2 aromatic heterocycles. The minimum atomic E-state index is -0.550. The average molecular weight is 341 g/mol. The number of nitrogens with one attached hydrogen (secondary N) is 1. The molecule has 2 amide bonds. The number of carbonyl (C=O) groups excluding carboxylic acids is 2. The monoisotopic (exact) mass is 341 g/mol. The standard InChI is InChI=1S/C16H15N5O2S/c1-10-5-6-24-15(10)11-3-2-4-12(7-11)18-16(23)13-8-21(20-19-13)9-14(17)22/h2-8H,9H2,1H3,(H2,17,22)(H,18,23). The lowest BCUT2D eigenvalue weighted by molar-refractivity contribution is -0.118. The van der Waals surface area contributed by atoms with E-state index in [0.29, 0.717) is 5.69 Å². The van der Waals surface area contributed by atoms with E-state index >= 15 is 0 Å². The lowest BCUT2D eigenvalue weighted by Gasteiger charge is -2.06. The Hall–Kier alpha value is -3.00. The zero-order valence-electron chi connectivity index (χ0n) is 12.9. The average Bonchev–Trinajstić information content (AvgIpc) is 3.16. The predicted molar refractivity (Wildman–Crippen MR) is 91.7 cm³/mol. The molecule has 3 aromatic rings. The number of carbonyl (C=O) groups is 2. The third-order valence-corrected chi connectivity index (χ3v) is 4.40. The smallest absolute Gasteiger partial charge is 0.277 e. The van der Waals surface area contributed by atoms with Crippen LogP contribution in [0.5, 0.6) is 0 Å². The molecule has 3 rings (SSSR count). The Kier molecular flexibility index (Phi) is 4.39. The SMILES string of the molecule is Cc1ccsc1-c1cccc(NC(=O)c2cn(CC(N)=O)nn2)c1. The highest BCUT2D eigenvalue weighted by Gasteiger charge is 2.12. The van der Waals surface area contributed by atoms with Crippen molar-refractivity contribution in [1.82, 2.24) is 15.0 Å². The van der Waals surface area contributed by atoms with Gasteiger partial charge in [0.1, 0.15) is 6.54 Å². The van der Waals surface area contributed by atoms with Crippen LogP contribution in [-0.4, -0.2) is 26.8 Å². The molecule has 0 aliphatic carbocycles. The van der Waals surface area contributed by atoms with E-state index in [1.807, 2.05) is 30.5 Å². The van der Waals surface area contributed by atoms with Gasteiger partial charge in [-0.1, -0.05) is 17.3 Å². The van der Waals surface area contributed by atoms with E-state index in [1.165, 1.54) is 21.3 Å². The van der Waals surface area contributed by atoms with Crippen molar-refractivity contribution in [1.29, 1.82) is 0 Å². The fraction of sp³-hybridized carbons (Fsp3) is 0.125. The van der Waals surface area contributed by atoms with Gasteiger partial charge in [0.05, 0.1) is 6.20 Å². The van der Waals surface area contributed by atoms with Crippen molar-refractivity contribution in [3.63, 3.8) is 0 Å². The van der Waals surface area contributed by atoms with Gasteiger partial charge >= 0.3 is 0 Å². The van der Waals surface area contributed by atoms with E-state index in [1.54, 1.807) is 17.4 Å². The molecule has 1 aromatic carbocycles. The molecule has 0 aliphatic heterocycles. The Bertz CT molecular complexity index is 899. The summed E-state index contributed by atoms with van der Waals surface area (Å²) in [4.78, 5) is 24.3. The number of benzene rings is 1. The zero-order valence-corrected chi connectivity index (χ0v) is 13.7. The van der Waals surface area contributed by atoms with Gasteiger partial charge in [0.15, 0.2) is 5.69 Å². The topological polar surface area (TPSA) is 103 Å². The fourth-order valence-electron chi connectivity index (χ4n) is 2.24. The number of rotatable bonds is 5. The largest absolute Gasteiger partial charge is 0.368 e. The number of hydrogen-bond acceptors (Lipinski definition) is 5. The Morgan fingerprint density at radius 3 is 2.88 bits per heavy atom. The maximum atomic E-state index is 12.2. The molecule has 122 valence electrons. The summed E-state index contributed by atoms with van der Waals surface area (Å²) in [5.74, 6) is -0.948. The molecule has 0 saturated heterocycles. The van der Waals surface area contributed by atoms with E-state index in [4.69, 9.17) is 5.73 Å². The van der Waals surface area contributed by atoms with Gasteiger partial charge in [0.2, 0.25) is 5.91 Å². The van der Waals surface area contributed by atoms with Gasteiger partial charge in [-0.2, -0.15) is 0 Å². The van der Waals surface area contributed by atoms with Crippen LogP contribution in [0.3, 0.4) is 0 Å². The molecular weight excluding hydrogens is 326 g/mol. The van der Waals surface area contributed by atoms with Crippen molar-refractivity contribution in [3.05, 3.63) is 53.2 Å². The Morgan fingerprint density at radius 2 is 2.17 bits per heavy atom. The van der Waals surface area contributed by atoms with Crippen LogP contribution in [0.15, 0.2) is 41.9 Å². The second-order valence-corrected chi connectivity index (χ2v) is 6.15. The summed E-state index contributed by atoms with van der Waals surface area (Å²) in [5, 5.41) is 12.3. The first-order valence-corrected chi connectivity index (χ1v) is 8.05. The van der Waals surface area contributed by atoms with Gasteiger partial charge < -0.3 is 11.1 Å². The third-order valence-electron chi connectivity index (χ3n) is 3.33. The summed E-state index contributed by atoms with van der Waals surface area (Å²) >= 11 is 1.65. The molecule has 3 N–H and O–H groups in total. The summed E-state index contributed by atoms with van der Waals surface area (Å²) in [5.41, 5.74) is 8.09. The molecule has 0 unspecified atom stereocenters. The van der Waals surface area contributed by atoms with Gasteiger partial charge in [0, 0.05) is 10.6 Å². The van der Waals surface area contributed by atoms with Gasteiger partial charge in [-0.25, -0.2) is 4.68 Å². The predicted octanol–water partition coefficient (Wildman–Crippen LogP) is 2.05. The van der Waals surface area contributed by atoms with E-state index in [2.05, 4.69) is 21.7 Å². The molecule has 0 saturated carbocycles. The minimum Gasteiger partial charge on any atom is -0.368 e. The summed E-state index contributed by atoms with van der Waals surface area (Å²) in [6.07, 6.45) is 1.38. The van der Waals surface area contributed by atoms with Crippen molar-refractivity contribution in [3.8, 4) is 10.4 Å². The van der Waals surface area contributed by atoms with Gasteiger partial charge in [-0.05, 0) is 41.6 Å². The molecule has 0 atom stereocenters. The lowest BCUT2D eigenvalue weighted by atomic mass is 10.1. The molecule has 0 bridgehead atoms. The van der Waals surface area contributed by atoms with Crippen LogP contribution in [0, 0.1) is 6.92 Å². The normalized spacial score (nSPS) is 10.5. The molecule has 0 spiro atoms. The first kappa shape index (κ1) is 15.9. The van der Waals surface area contributed by atoms with E-state index in [9.17, 15) is 9.59 Å². The van der Waals surface area contributed by atoms with Crippen LogP contribution in [0.2, 0.25) is 0 Å². The number of aromatic nitrogens is 3. The second-order valence-electron chi connectivity index (χ2n) is 5.24. The van der Waals surface area contributed by atoms with Crippen LogP contribution < -0.4 is 11.1 Å². The van der Waals surface area contributed by atoms with E-state index in [-0.39, 0.29) is 12.2 Å². The van der Waals surface area contributed by atoms with Crippen molar-refractivity contribution in [2.24, 2.45) is 5.73 Å². The van der Waals surface area contributed by atoms with Crippen LogP contribution in [-0.2, 0) is 11.3 Å². The van der Waals surface area contributed by atoms with Crippen LogP contribution >= 0.6 is 11.3 Å². The fourth-order valence-corrected chi connectivity index (χ4v) is 3.17. The Balaban J connectivity index is 1.76. The maximum absolute atomic E-state index is 12.2. The highest BCUT2D eigenvalue weighted by Crippen LogP contribution is 2.30. The summed E-state index contributed by atoms with van der Waals surface area (Å²) in [6.45, 7) is 1.93. The van der Waals surface area contributed by atoms with E-state index in [0.717, 1.165) is 5.56 Å². The number of hydrogen-bond donors (Lipinski definition) is 2. The highest BCUT2D eigenvalue weighted by molar-refractivity contribution is 7.13. The highest BCUT2D eigenvalue weighted by atomic mass is 32.1. The number of primary amides is 1. The van der Waals surface area contributed by atoms with Crippen molar-refractivity contribution in [2.45, 2.75) is 13.5 Å². The van der Waals surface area contributed by atoms with Gasteiger partial charge in [-0.15, -0.1) is 16.4 Å². The molecule has 8 heteroatoms. The Morgan fingerprint density at radius 1 is 1.33 bits per heavy atom. The van der Waals surface area contributed by atoms with E-state index < -0.39 is 11.8 Å². The lowest BCUT2D eigenvalue weighted by Crippen LogP contribution is -2.19. The summed E-state index contributed by atoms with van der Waals surface area (Å²) in [7, 11) is 0. The maximum Gasteiger partial charge on any atom is 0.277 e. The van der Waals surface area contributed by atoms with Crippen molar-refractivity contribution < 1.29 is 9.59 Å². The van der Waals surface area contributed by atoms with Crippen molar-refractivity contribution >= 4 is 28.8 Å². The Labute approximate surface area is 142 Å². The number of aryl methyl sites for hydroxylation is 1. The first-order chi connectivity index (χ1) is 11.5. The number of thiophene rings is 1. The van der Waals surface area contributed by atoms with Crippen LogP contribution in [0.4, 0.5) is 5.69 Å². The van der Waals surface area contributed by atoms with Crippen molar-refractivity contribution in [2.75, 3.05) is 5.32 Å². The molecular formula is C16H15N5O2S. The third kappa shape index (κ3) is 3.49. The van der Waals surface area contributed by atoms with Crippen LogP contribution in [0.25, 0.3) is 10.4 Å². The van der Waals surface area contributed by atoms with Gasteiger partial charge in [0.25, 0.3) is 5.91 Å². The summed E-state index contributed by atoms with van der Waals surface area (Å²) < 4.78 is 1.22. The zero-order chi connectivity index (χ0) is 17.1. The molecule has 7 nitrogen and oxygen atoms in total. The minimum absolute atomic E-state index is 0.118. The van der Waals surface area contributed by atoms with Crippen LogP contribution in [0.1, 0.15) is 16.1 Å². The number of nitrogens with zero attached hydrogens (tertiary/aromatic N) is 3. The second kappa shape index (κ2) is 6.63.